The van der Waals surface area contributed by atoms with Gasteiger partial charge >= 0.3 is 5.24 Å². The van der Waals surface area contributed by atoms with Gasteiger partial charge in [-0.15, -0.1) is 0 Å². The molecule has 2 amide bonds. The normalized spacial score (nSPS) is 15.5. The third-order valence-electron chi connectivity index (χ3n) is 5.61. The number of thioether (sulfide) groups is 1. The van der Waals surface area contributed by atoms with E-state index in [-0.39, 0.29) is 16.4 Å². The molecule has 2 aromatic carbocycles. The number of hydrogen-bond donors (Lipinski definition) is 2. The van der Waals surface area contributed by atoms with Crippen LogP contribution in [0.15, 0.2) is 59.8 Å². The van der Waals surface area contributed by atoms with Gasteiger partial charge in [-0.1, -0.05) is 30.8 Å². The maximum atomic E-state index is 12.8. The largest absolute Gasteiger partial charge is 0.493 e. The van der Waals surface area contributed by atoms with E-state index in [2.05, 4.69) is 15.5 Å². The molecular weight excluding hydrogens is 466 g/mol. The number of carbonyl (C=O) groups excluding carboxylic acids is 2. The lowest BCUT2D eigenvalue weighted by Crippen LogP contribution is -2.36. The van der Waals surface area contributed by atoms with Gasteiger partial charge in [-0.05, 0) is 54.8 Å². The summed E-state index contributed by atoms with van der Waals surface area (Å²) < 4.78 is 10.8. The summed E-state index contributed by atoms with van der Waals surface area (Å²) in [5.41, 5.74) is 3.84. The predicted octanol–water partition coefficient (Wildman–Crippen LogP) is 4.57. The van der Waals surface area contributed by atoms with E-state index in [4.69, 9.17) is 14.6 Å². The Labute approximate surface area is 207 Å². The molecule has 35 heavy (non-hydrogen) atoms. The van der Waals surface area contributed by atoms with Crippen molar-refractivity contribution >= 4 is 34.3 Å². The molecule has 0 fully saturated rings. The highest BCUT2D eigenvalue weighted by Gasteiger charge is 2.30. The summed E-state index contributed by atoms with van der Waals surface area (Å²) in [6, 6.07) is 14.8. The molecule has 0 bridgehead atoms. The van der Waals surface area contributed by atoms with E-state index < -0.39 is 0 Å². The van der Waals surface area contributed by atoms with Gasteiger partial charge < -0.3 is 14.8 Å². The van der Waals surface area contributed by atoms with Crippen molar-refractivity contribution in [2.75, 3.05) is 26.1 Å². The Balaban J connectivity index is 1.45. The van der Waals surface area contributed by atoms with Crippen molar-refractivity contribution < 1.29 is 19.1 Å². The number of nitrogens with one attached hydrogen (secondary N) is 2. The lowest BCUT2D eigenvalue weighted by atomic mass is 10.0. The Morgan fingerprint density at radius 3 is 2.54 bits per heavy atom. The summed E-state index contributed by atoms with van der Waals surface area (Å²) in [6.07, 6.45) is 2.93. The van der Waals surface area contributed by atoms with Crippen LogP contribution in [-0.4, -0.2) is 58.1 Å². The molecule has 1 aliphatic rings. The molecule has 0 aliphatic carbocycles. The zero-order chi connectivity index (χ0) is 24.8. The van der Waals surface area contributed by atoms with Gasteiger partial charge in [0.1, 0.15) is 5.69 Å². The number of nitrogens with zero attached hydrogens (tertiary/aromatic N) is 3. The number of ether oxygens (including phenoxy) is 2. The molecule has 0 radical (unpaired) electrons. The Hall–Kier alpha value is -3.79. The molecule has 1 aliphatic heterocycles. The SMILES string of the molecule is CCC1SC(=O)N(CCc2ccc(NC(=O)c3ccn[nH]3)cc2)N=C1c1ccc(OC)c(OC)c1. The van der Waals surface area contributed by atoms with Crippen LogP contribution in [0.3, 0.4) is 0 Å². The van der Waals surface area contributed by atoms with Crippen LogP contribution in [-0.2, 0) is 6.42 Å². The molecule has 4 rings (SSSR count). The van der Waals surface area contributed by atoms with Crippen LogP contribution in [0.25, 0.3) is 0 Å². The van der Waals surface area contributed by atoms with Crippen molar-refractivity contribution in [1.29, 1.82) is 0 Å². The molecule has 3 aromatic rings. The van der Waals surface area contributed by atoms with E-state index in [1.165, 1.54) is 23.0 Å². The van der Waals surface area contributed by atoms with Crippen LogP contribution in [0.4, 0.5) is 10.5 Å². The van der Waals surface area contributed by atoms with E-state index >= 15 is 0 Å². The van der Waals surface area contributed by atoms with Crippen LogP contribution in [0.1, 0.15) is 35.0 Å². The van der Waals surface area contributed by atoms with Crippen molar-refractivity contribution in [2.24, 2.45) is 5.10 Å². The number of carbonyl (C=O) groups is 2. The minimum atomic E-state index is -0.256. The molecule has 2 N–H and O–H groups in total. The molecule has 1 unspecified atom stereocenters. The molecule has 2 heterocycles. The molecule has 10 heteroatoms. The number of hydrazone groups is 1. The zero-order valence-corrected chi connectivity index (χ0v) is 20.6. The van der Waals surface area contributed by atoms with Crippen molar-refractivity contribution in [3.63, 3.8) is 0 Å². The molecule has 1 aromatic heterocycles. The number of amides is 2. The van der Waals surface area contributed by atoms with Crippen molar-refractivity contribution in [2.45, 2.75) is 25.0 Å². The van der Waals surface area contributed by atoms with E-state index in [0.29, 0.717) is 35.8 Å². The first-order valence-corrected chi connectivity index (χ1v) is 12.1. The number of H-pyrrole nitrogens is 1. The van der Waals surface area contributed by atoms with Crippen LogP contribution in [0, 0.1) is 0 Å². The fourth-order valence-corrected chi connectivity index (χ4v) is 4.66. The van der Waals surface area contributed by atoms with Crippen LogP contribution in [0.2, 0.25) is 0 Å². The van der Waals surface area contributed by atoms with Gasteiger partial charge in [0.05, 0.1) is 25.2 Å². The maximum Gasteiger partial charge on any atom is 0.302 e. The molecule has 9 nitrogen and oxygen atoms in total. The highest BCUT2D eigenvalue weighted by molar-refractivity contribution is 8.14. The second kappa shape index (κ2) is 11.1. The molecule has 1 atom stereocenters. The zero-order valence-electron chi connectivity index (χ0n) is 19.8. The van der Waals surface area contributed by atoms with Crippen molar-refractivity contribution in [1.82, 2.24) is 15.2 Å². The van der Waals surface area contributed by atoms with E-state index in [9.17, 15) is 9.59 Å². The van der Waals surface area contributed by atoms with E-state index in [1.807, 2.05) is 49.4 Å². The predicted molar refractivity (Wildman–Crippen MR) is 137 cm³/mol. The Morgan fingerprint density at radius 2 is 1.89 bits per heavy atom. The first kappa shape index (κ1) is 24.3. The number of aromatic nitrogens is 2. The Morgan fingerprint density at radius 1 is 1.11 bits per heavy atom. The minimum absolute atomic E-state index is 0.0328. The highest BCUT2D eigenvalue weighted by Crippen LogP contribution is 2.33. The van der Waals surface area contributed by atoms with Crippen molar-refractivity contribution in [3.8, 4) is 11.5 Å². The fourth-order valence-electron chi connectivity index (χ4n) is 3.70. The number of anilines is 1. The first-order chi connectivity index (χ1) is 17.0. The van der Waals surface area contributed by atoms with Gasteiger partial charge in [0.25, 0.3) is 5.91 Å². The van der Waals surface area contributed by atoms with Gasteiger partial charge in [0.15, 0.2) is 11.5 Å². The number of benzene rings is 2. The smallest absolute Gasteiger partial charge is 0.302 e. The summed E-state index contributed by atoms with van der Waals surface area (Å²) in [5, 5.41) is 15.4. The van der Waals surface area contributed by atoms with E-state index in [0.717, 1.165) is 23.3 Å². The maximum absolute atomic E-state index is 12.8. The number of rotatable bonds is 9. The number of methoxy groups -OCH3 is 2. The van der Waals surface area contributed by atoms with Gasteiger partial charge in [0, 0.05) is 24.0 Å². The van der Waals surface area contributed by atoms with E-state index in [1.54, 1.807) is 20.3 Å². The highest BCUT2D eigenvalue weighted by atomic mass is 32.2. The average Bonchev–Trinajstić information content (AvgIpc) is 3.43. The Bertz CT molecular complexity index is 1210. The number of hydrogen-bond acceptors (Lipinski definition) is 7. The van der Waals surface area contributed by atoms with Crippen LogP contribution in [0.5, 0.6) is 11.5 Å². The quantitative estimate of drug-likeness (QED) is 0.452. The molecule has 0 saturated heterocycles. The van der Waals surface area contributed by atoms with Crippen LogP contribution < -0.4 is 14.8 Å². The summed E-state index contributed by atoms with van der Waals surface area (Å²) in [7, 11) is 3.20. The monoisotopic (exact) mass is 493 g/mol. The lowest BCUT2D eigenvalue weighted by Gasteiger charge is -2.28. The van der Waals surface area contributed by atoms with Gasteiger partial charge in [-0.25, -0.2) is 5.01 Å². The average molecular weight is 494 g/mol. The summed E-state index contributed by atoms with van der Waals surface area (Å²) in [4.78, 5) is 24.9. The summed E-state index contributed by atoms with van der Waals surface area (Å²) in [6.45, 7) is 2.49. The molecular formula is C25H27N5O4S. The summed E-state index contributed by atoms with van der Waals surface area (Å²) in [5.74, 6) is 1.01. The topological polar surface area (TPSA) is 109 Å². The third kappa shape index (κ3) is 5.65. The lowest BCUT2D eigenvalue weighted by molar-refractivity contribution is 0.102. The third-order valence-corrected chi connectivity index (χ3v) is 6.86. The first-order valence-electron chi connectivity index (χ1n) is 11.2. The second-order valence-electron chi connectivity index (χ2n) is 7.83. The van der Waals surface area contributed by atoms with Gasteiger partial charge in [-0.2, -0.15) is 10.2 Å². The van der Waals surface area contributed by atoms with Gasteiger partial charge in [-0.3, -0.25) is 14.7 Å². The summed E-state index contributed by atoms with van der Waals surface area (Å²) >= 11 is 1.29. The molecule has 182 valence electrons. The molecule has 0 saturated carbocycles. The van der Waals surface area contributed by atoms with Crippen molar-refractivity contribution in [3.05, 3.63) is 71.5 Å². The number of aromatic amines is 1. The minimum Gasteiger partial charge on any atom is -0.493 e. The molecule has 0 spiro atoms. The van der Waals surface area contributed by atoms with Crippen LogP contribution >= 0.6 is 11.8 Å². The Kier molecular flexibility index (Phi) is 7.71. The van der Waals surface area contributed by atoms with Gasteiger partial charge in [0.2, 0.25) is 0 Å². The fraction of sp³-hybridized carbons (Fsp3) is 0.280. The second-order valence-corrected chi connectivity index (χ2v) is 8.98. The standard InChI is InChI=1S/C25H27N5O4S/c1-4-22-23(17-7-10-20(33-2)21(15-17)34-3)29-30(25(32)35-22)14-12-16-5-8-18(9-6-16)27-24(31)19-11-13-26-28-19/h5-11,13,15,22H,4,12,14H2,1-3H3,(H,26,28)(H,27,31).